The number of allylic oxidation sites excluding steroid dienone is 3. The topological polar surface area (TPSA) is 58.8 Å². The largest absolute Gasteiger partial charge is 0.378 e. The summed E-state index contributed by atoms with van der Waals surface area (Å²) in [6.45, 7) is 7.47. The highest BCUT2D eigenvalue weighted by atomic mass is 19.1. The number of fused-ring (bicyclic) bond motifs is 1. The van der Waals surface area contributed by atoms with Crippen LogP contribution in [0.4, 0.5) is 14.5 Å². The van der Waals surface area contributed by atoms with E-state index >= 15 is 8.78 Å². The molecule has 2 saturated heterocycles. The van der Waals surface area contributed by atoms with Gasteiger partial charge in [0, 0.05) is 38.1 Å². The van der Waals surface area contributed by atoms with Gasteiger partial charge in [0.2, 0.25) is 5.91 Å². The molecule has 1 saturated carbocycles. The molecule has 7 heteroatoms. The molecule has 2 N–H and O–H groups in total. The van der Waals surface area contributed by atoms with Crippen LogP contribution in [-0.4, -0.2) is 56.4 Å². The van der Waals surface area contributed by atoms with E-state index < -0.39 is 17.5 Å². The fraction of sp³-hybridized carbons (Fsp3) is 0.485. The third kappa shape index (κ3) is 5.21. The number of aryl methyl sites for hydroxylation is 1. The molecule has 2 aromatic carbocycles. The number of rotatable bonds is 9. The van der Waals surface area contributed by atoms with Crippen molar-refractivity contribution in [2.45, 2.75) is 44.3 Å². The standard InChI is InChI=1S/C33H39F2N3O2/c1-2-22-5-7-23(8-6-22)19-37-20-27-26(28(27)21-37)18-33(11-3-4-24(32(33)35)16-31(36)39)25-9-10-30(29(34)17-25)38-12-14-40-15-13-38/h3-11,17,26-28,32H,2,12-16,18-21H2,1H3,(H2,36,39). The van der Waals surface area contributed by atoms with Crippen molar-refractivity contribution >= 4 is 11.6 Å². The Hall–Kier alpha value is -3.03. The zero-order valence-electron chi connectivity index (χ0n) is 23.2. The van der Waals surface area contributed by atoms with Crippen LogP contribution < -0.4 is 10.6 Å². The molecule has 4 aliphatic rings. The third-order valence-corrected chi connectivity index (χ3v) is 9.55. The summed E-state index contributed by atoms with van der Waals surface area (Å²) in [5.74, 6) is 0.474. The lowest BCUT2D eigenvalue weighted by Crippen LogP contribution is -2.41. The van der Waals surface area contributed by atoms with E-state index in [9.17, 15) is 4.79 Å². The van der Waals surface area contributed by atoms with Gasteiger partial charge in [-0.2, -0.15) is 0 Å². The molecule has 4 atom stereocenters. The number of morpholine rings is 1. The van der Waals surface area contributed by atoms with Crippen molar-refractivity contribution in [2.24, 2.45) is 23.5 Å². The molecule has 3 fully saturated rings. The zero-order valence-corrected chi connectivity index (χ0v) is 23.2. The number of carbonyl (C=O) groups excluding carboxylic acids is 1. The van der Waals surface area contributed by atoms with Gasteiger partial charge in [-0.05, 0) is 65.0 Å². The van der Waals surface area contributed by atoms with Gasteiger partial charge < -0.3 is 15.4 Å². The Kier molecular flexibility index (Phi) is 7.53. The summed E-state index contributed by atoms with van der Waals surface area (Å²) in [4.78, 5) is 16.2. The first-order valence-corrected chi connectivity index (χ1v) is 14.6. The highest BCUT2D eigenvalue weighted by Crippen LogP contribution is 2.59. The lowest BCUT2D eigenvalue weighted by Gasteiger charge is -2.39. The SMILES string of the molecule is CCc1ccc(CN2CC3C(C2)C3CC2(c3ccc(N4CCOCC4)c(F)c3)C=CC=C(CC(N)=O)C2F)cc1. The summed E-state index contributed by atoms with van der Waals surface area (Å²) in [7, 11) is 0. The normalized spacial score (nSPS) is 29.8. The molecule has 2 aliphatic heterocycles. The number of hydrogen-bond donors (Lipinski definition) is 1. The van der Waals surface area contributed by atoms with Gasteiger partial charge in [0.15, 0.2) is 0 Å². The van der Waals surface area contributed by atoms with Crippen molar-refractivity contribution < 1.29 is 18.3 Å². The predicted molar refractivity (Wildman–Crippen MR) is 153 cm³/mol. The molecule has 0 spiro atoms. The molecule has 1 amide bonds. The first kappa shape index (κ1) is 27.2. The Morgan fingerprint density at radius 2 is 1.77 bits per heavy atom. The number of nitrogens with two attached hydrogens (primary N) is 1. The molecule has 5 nitrogen and oxygen atoms in total. The van der Waals surface area contributed by atoms with Gasteiger partial charge in [-0.15, -0.1) is 0 Å². The summed E-state index contributed by atoms with van der Waals surface area (Å²) in [5, 5.41) is 0. The van der Waals surface area contributed by atoms with Gasteiger partial charge in [-0.3, -0.25) is 9.69 Å². The van der Waals surface area contributed by atoms with Crippen LogP contribution in [0.1, 0.15) is 36.5 Å². The van der Waals surface area contributed by atoms with E-state index in [1.807, 2.05) is 23.1 Å². The number of benzene rings is 2. The number of ether oxygens (including phenoxy) is 1. The lowest BCUT2D eigenvalue weighted by atomic mass is 9.67. The number of piperidine rings is 1. The summed E-state index contributed by atoms with van der Waals surface area (Å²) >= 11 is 0. The molecule has 2 aliphatic carbocycles. The minimum Gasteiger partial charge on any atom is -0.378 e. The Morgan fingerprint density at radius 3 is 2.42 bits per heavy atom. The van der Waals surface area contributed by atoms with Gasteiger partial charge in [0.05, 0.1) is 25.3 Å². The first-order chi connectivity index (χ1) is 19.4. The Balaban J connectivity index is 1.21. The number of primary amides is 1. The van der Waals surface area contributed by atoms with Gasteiger partial charge >= 0.3 is 0 Å². The molecular weight excluding hydrogens is 508 g/mol. The molecule has 0 radical (unpaired) electrons. The van der Waals surface area contributed by atoms with Crippen LogP contribution in [0.25, 0.3) is 0 Å². The number of carbonyl (C=O) groups is 1. The van der Waals surface area contributed by atoms with Crippen molar-refractivity contribution in [3.8, 4) is 0 Å². The monoisotopic (exact) mass is 547 g/mol. The Labute approximate surface area is 235 Å². The number of anilines is 1. The van der Waals surface area contributed by atoms with Crippen LogP contribution in [0, 0.1) is 23.6 Å². The van der Waals surface area contributed by atoms with Gasteiger partial charge in [-0.25, -0.2) is 8.78 Å². The van der Waals surface area contributed by atoms with E-state index in [0.29, 0.717) is 67.3 Å². The van der Waals surface area contributed by atoms with Crippen LogP contribution in [0.3, 0.4) is 0 Å². The highest BCUT2D eigenvalue weighted by molar-refractivity contribution is 5.77. The van der Waals surface area contributed by atoms with Crippen LogP contribution in [0.5, 0.6) is 0 Å². The van der Waals surface area contributed by atoms with E-state index in [-0.39, 0.29) is 12.2 Å². The Morgan fingerprint density at radius 1 is 1.07 bits per heavy atom. The van der Waals surface area contributed by atoms with Gasteiger partial charge in [0.1, 0.15) is 12.0 Å². The van der Waals surface area contributed by atoms with E-state index in [4.69, 9.17) is 10.5 Å². The minimum absolute atomic E-state index is 0.135. The van der Waals surface area contributed by atoms with E-state index in [1.54, 1.807) is 12.1 Å². The molecule has 2 aromatic rings. The van der Waals surface area contributed by atoms with E-state index in [2.05, 4.69) is 36.1 Å². The number of likely N-dealkylation sites (tertiary alicyclic amines) is 1. The highest BCUT2D eigenvalue weighted by Gasteiger charge is 2.59. The maximum Gasteiger partial charge on any atom is 0.221 e. The van der Waals surface area contributed by atoms with E-state index in [1.165, 1.54) is 17.2 Å². The lowest BCUT2D eigenvalue weighted by molar-refractivity contribution is -0.117. The zero-order chi connectivity index (χ0) is 27.9. The predicted octanol–water partition coefficient (Wildman–Crippen LogP) is 4.94. The first-order valence-electron chi connectivity index (χ1n) is 14.6. The second-order valence-electron chi connectivity index (χ2n) is 12.0. The van der Waals surface area contributed by atoms with Crippen molar-refractivity contribution in [1.29, 1.82) is 0 Å². The molecule has 0 aromatic heterocycles. The molecule has 212 valence electrons. The maximum absolute atomic E-state index is 16.5. The van der Waals surface area contributed by atoms with Crippen molar-refractivity contribution in [3.05, 3.63) is 88.8 Å². The Bertz CT molecular complexity index is 1290. The summed E-state index contributed by atoms with van der Waals surface area (Å²) in [5.41, 5.74) is 8.63. The number of halogens is 2. The average Bonchev–Trinajstić information content (AvgIpc) is 3.38. The minimum atomic E-state index is -1.44. The van der Waals surface area contributed by atoms with E-state index in [0.717, 1.165) is 26.1 Å². The third-order valence-electron chi connectivity index (χ3n) is 9.55. The smallest absolute Gasteiger partial charge is 0.221 e. The molecule has 0 bridgehead atoms. The summed E-state index contributed by atoms with van der Waals surface area (Å²) in [6.07, 6.45) is 5.44. The molecule has 4 unspecified atom stereocenters. The fourth-order valence-electron chi connectivity index (χ4n) is 7.28. The fourth-order valence-corrected chi connectivity index (χ4v) is 7.28. The maximum atomic E-state index is 16.5. The molecular formula is C33H39F2N3O2. The average molecular weight is 548 g/mol. The number of alkyl halides is 1. The number of hydrogen-bond acceptors (Lipinski definition) is 4. The summed E-state index contributed by atoms with van der Waals surface area (Å²) < 4.78 is 37.5. The van der Waals surface area contributed by atoms with Crippen LogP contribution in [0.15, 0.2) is 66.3 Å². The van der Waals surface area contributed by atoms with Crippen molar-refractivity contribution in [2.75, 3.05) is 44.3 Å². The van der Waals surface area contributed by atoms with Gasteiger partial charge in [0.25, 0.3) is 0 Å². The molecule has 6 rings (SSSR count). The van der Waals surface area contributed by atoms with Crippen molar-refractivity contribution in [3.63, 3.8) is 0 Å². The second-order valence-corrected chi connectivity index (χ2v) is 12.0. The van der Waals surface area contributed by atoms with Crippen LogP contribution >= 0.6 is 0 Å². The van der Waals surface area contributed by atoms with Crippen LogP contribution in [0.2, 0.25) is 0 Å². The quantitative estimate of drug-likeness (QED) is 0.483. The summed E-state index contributed by atoms with van der Waals surface area (Å²) in [6, 6.07) is 14.0. The van der Waals surface area contributed by atoms with Crippen molar-refractivity contribution in [1.82, 2.24) is 4.90 Å². The second kappa shape index (κ2) is 11.1. The molecule has 40 heavy (non-hydrogen) atoms. The molecule has 2 heterocycles. The van der Waals surface area contributed by atoms with Crippen LogP contribution in [-0.2, 0) is 27.9 Å². The number of amides is 1. The van der Waals surface area contributed by atoms with Gasteiger partial charge in [-0.1, -0.05) is 55.5 Å². The number of nitrogens with zero attached hydrogens (tertiary/aromatic N) is 2.